The lowest BCUT2D eigenvalue weighted by Crippen LogP contribution is -2.22. The van der Waals surface area contributed by atoms with Gasteiger partial charge in [0.25, 0.3) is 0 Å². The second kappa shape index (κ2) is 4.24. The van der Waals surface area contributed by atoms with E-state index in [-0.39, 0.29) is 5.97 Å². The number of ether oxygens (including phenoxy) is 1. The first-order valence-corrected chi connectivity index (χ1v) is 5.71. The van der Waals surface area contributed by atoms with Gasteiger partial charge in [-0.05, 0) is 26.8 Å². The number of hydrogen-bond donors (Lipinski definition) is 1. The van der Waals surface area contributed by atoms with Gasteiger partial charge in [-0.1, -0.05) is 18.2 Å². The van der Waals surface area contributed by atoms with Crippen molar-refractivity contribution in [2.24, 2.45) is 5.41 Å². The number of benzene rings is 1. The summed E-state index contributed by atoms with van der Waals surface area (Å²) in [5, 5.41) is 1.11. The number of fused-ring (bicyclic) bond motifs is 1. The third-order valence-corrected chi connectivity index (χ3v) is 2.65. The predicted octanol–water partition coefficient (Wildman–Crippen LogP) is 3.26. The van der Waals surface area contributed by atoms with Gasteiger partial charge in [-0.25, -0.2) is 0 Å². The van der Waals surface area contributed by atoms with Gasteiger partial charge in [0.1, 0.15) is 6.61 Å². The zero-order valence-electron chi connectivity index (χ0n) is 10.4. The summed E-state index contributed by atoms with van der Waals surface area (Å²) in [6.45, 7) is 5.87. The van der Waals surface area contributed by atoms with Crippen LogP contribution in [0.3, 0.4) is 0 Å². The normalized spacial score (nSPS) is 11.7. The predicted molar refractivity (Wildman–Crippen MR) is 67.5 cm³/mol. The highest BCUT2D eigenvalue weighted by molar-refractivity contribution is 5.83. The van der Waals surface area contributed by atoms with Crippen molar-refractivity contribution in [3.05, 3.63) is 36.0 Å². The van der Waals surface area contributed by atoms with Gasteiger partial charge in [-0.2, -0.15) is 0 Å². The molecule has 3 nitrogen and oxygen atoms in total. The van der Waals surface area contributed by atoms with Gasteiger partial charge in [0.05, 0.1) is 5.41 Å². The molecule has 1 aromatic heterocycles. The molecular formula is C14H17NO2. The van der Waals surface area contributed by atoms with Crippen LogP contribution in [0.2, 0.25) is 0 Å². The van der Waals surface area contributed by atoms with Gasteiger partial charge in [-0.3, -0.25) is 4.79 Å². The number of carbonyl (C=O) groups excluding carboxylic acids is 1. The van der Waals surface area contributed by atoms with Crippen LogP contribution in [-0.4, -0.2) is 11.0 Å². The Hall–Kier alpha value is -1.77. The molecule has 0 aliphatic heterocycles. The molecule has 0 aliphatic rings. The average molecular weight is 231 g/mol. The molecule has 0 aliphatic carbocycles. The number of hydrogen-bond acceptors (Lipinski definition) is 2. The maximum Gasteiger partial charge on any atom is 0.311 e. The van der Waals surface area contributed by atoms with Crippen LogP contribution in [0.1, 0.15) is 26.3 Å². The van der Waals surface area contributed by atoms with E-state index in [4.69, 9.17) is 4.74 Å². The zero-order chi connectivity index (χ0) is 12.5. The van der Waals surface area contributed by atoms with Crippen molar-refractivity contribution in [1.82, 2.24) is 4.98 Å². The molecule has 0 fully saturated rings. The van der Waals surface area contributed by atoms with E-state index >= 15 is 0 Å². The quantitative estimate of drug-likeness (QED) is 0.806. The molecule has 90 valence electrons. The van der Waals surface area contributed by atoms with Crippen LogP contribution < -0.4 is 0 Å². The monoisotopic (exact) mass is 231 g/mol. The van der Waals surface area contributed by atoms with E-state index in [0.29, 0.717) is 6.61 Å². The molecule has 3 heteroatoms. The molecule has 1 heterocycles. The van der Waals surface area contributed by atoms with E-state index in [1.807, 2.05) is 51.2 Å². The molecule has 0 spiro atoms. The molecule has 0 atom stereocenters. The molecule has 0 unspecified atom stereocenters. The molecule has 2 rings (SSSR count). The summed E-state index contributed by atoms with van der Waals surface area (Å²) in [4.78, 5) is 14.8. The summed E-state index contributed by atoms with van der Waals surface area (Å²) in [5.41, 5.74) is 1.62. The van der Waals surface area contributed by atoms with Crippen molar-refractivity contribution >= 4 is 16.9 Å². The fourth-order valence-corrected chi connectivity index (χ4v) is 1.61. The Bertz CT molecular complexity index is 534. The fraction of sp³-hybridized carbons (Fsp3) is 0.357. The SMILES string of the molecule is CC(C)(C)C(=O)OCc1c[nH]c2ccccc12. The maximum atomic E-state index is 11.7. The number of nitrogens with one attached hydrogen (secondary N) is 1. The molecule has 17 heavy (non-hydrogen) atoms. The molecule has 0 bridgehead atoms. The number of aromatic nitrogens is 1. The summed E-state index contributed by atoms with van der Waals surface area (Å²) >= 11 is 0. The second-order valence-electron chi connectivity index (χ2n) is 5.19. The zero-order valence-corrected chi connectivity index (χ0v) is 10.4. The summed E-state index contributed by atoms with van der Waals surface area (Å²) in [6.07, 6.45) is 1.89. The lowest BCUT2D eigenvalue weighted by molar-refractivity contribution is -0.154. The highest BCUT2D eigenvalue weighted by Crippen LogP contribution is 2.21. The third kappa shape index (κ3) is 2.49. The van der Waals surface area contributed by atoms with Crippen molar-refractivity contribution in [2.75, 3.05) is 0 Å². The summed E-state index contributed by atoms with van der Waals surface area (Å²) < 4.78 is 5.30. The largest absolute Gasteiger partial charge is 0.460 e. The van der Waals surface area contributed by atoms with Crippen LogP contribution in [0.5, 0.6) is 0 Å². The standard InChI is InChI=1S/C14H17NO2/c1-14(2,3)13(16)17-9-10-8-15-12-7-5-4-6-11(10)12/h4-8,15H,9H2,1-3H3. The minimum absolute atomic E-state index is 0.178. The Labute approximate surface area is 101 Å². The van der Waals surface area contributed by atoms with Crippen LogP contribution >= 0.6 is 0 Å². The summed E-state index contributed by atoms with van der Waals surface area (Å²) in [7, 11) is 0. The van der Waals surface area contributed by atoms with E-state index in [1.165, 1.54) is 0 Å². The molecule has 0 saturated heterocycles. The van der Waals surface area contributed by atoms with Crippen molar-refractivity contribution in [2.45, 2.75) is 27.4 Å². The molecule has 0 radical (unpaired) electrons. The van der Waals surface area contributed by atoms with E-state index in [2.05, 4.69) is 4.98 Å². The van der Waals surface area contributed by atoms with E-state index in [0.717, 1.165) is 16.5 Å². The first kappa shape index (κ1) is 11.7. The smallest absolute Gasteiger partial charge is 0.311 e. The number of H-pyrrole nitrogens is 1. The van der Waals surface area contributed by atoms with Crippen LogP contribution in [0, 0.1) is 5.41 Å². The number of esters is 1. The first-order chi connectivity index (χ1) is 7.98. The molecule has 0 amide bonds. The molecule has 0 saturated carbocycles. The lowest BCUT2D eigenvalue weighted by Gasteiger charge is -2.16. The minimum atomic E-state index is -0.452. The van der Waals surface area contributed by atoms with Crippen LogP contribution in [0.15, 0.2) is 30.5 Å². The number of para-hydroxylation sites is 1. The number of rotatable bonds is 2. The fourth-order valence-electron chi connectivity index (χ4n) is 1.61. The average Bonchev–Trinajstić information content (AvgIpc) is 2.68. The van der Waals surface area contributed by atoms with Gasteiger partial charge in [0.15, 0.2) is 0 Å². The Morgan fingerprint density at radius 3 is 2.71 bits per heavy atom. The van der Waals surface area contributed by atoms with E-state index in [9.17, 15) is 4.79 Å². The topological polar surface area (TPSA) is 42.1 Å². The molecule has 1 aromatic carbocycles. The van der Waals surface area contributed by atoms with Gasteiger partial charge in [0.2, 0.25) is 0 Å². The van der Waals surface area contributed by atoms with Gasteiger partial charge in [-0.15, -0.1) is 0 Å². The van der Waals surface area contributed by atoms with Crippen LogP contribution in [0.4, 0.5) is 0 Å². The number of carbonyl (C=O) groups is 1. The molecular weight excluding hydrogens is 214 g/mol. The third-order valence-electron chi connectivity index (χ3n) is 2.65. The second-order valence-corrected chi connectivity index (χ2v) is 5.19. The Balaban J connectivity index is 2.12. The highest BCUT2D eigenvalue weighted by atomic mass is 16.5. The lowest BCUT2D eigenvalue weighted by atomic mass is 9.97. The van der Waals surface area contributed by atoms with E-state index in [1.54, 1.807) is 0 Å². The van der Waals surface area contributed by atoms with Crippen molar-refractivity contribution < 1.29 is 9.53 Å². The highest BCUT2D eigenvalue weighted by Gasteiger charge is 2.23. The van der Waals surface area contributed by atoms with Gasteiger partial charge in [0, 0.05) is 22.7 Å². The molecule has 1 N–H and O–H groups in total. The van der Waals surface area contributed by atoms with Crippen LogP contribution in [-0.2, 0) is 16.1 Å². The first-order valence-electron chi connectivity index (χ1n) is 5.71. The maximum absolute atomic E-state index is 11.7. The van der Waals surface area contributed by atoms with Crippen molar-refractivity contribution in [3.63, 3.8) is 0 Å². The van der Waals surface area contributed by atoms with Crippen molar-refractivity contribution in [3.8, 4) is 0 Å². The Morgan fingerprint density at radius 2 is 2.00 bits per heavy atom. The van der Waals surface area contributed by atoms with Gasteiger partial charge < -0.3 is 9.72 Å². The number of aromatic amines is 1. The molecule has 2 aromatic rings. The Kier molecular flexibility index (Phi) is 2.92. The van der Waals surface area contributed by atoms with Crippen molar-refractivity contribution in [1.29, 1.82) is 0 Å². The minimum Gasteiger partial charge on any atom is -0.460 e. The van der Waals surface area contributed by atoms with Crippen LogP contribution in [0.25, 0.3) is 10.9 Å². The van der Waals surface area contributed by atoms with Gasteiger partial charge >= 0.3 is 5.97 Å². The Morgan fingerprint density at radius 1 is 1.29 bits per heavy atom. The summed E-state index contributed by atoms with van der Waals surface area (Å²) in [5.74, 6) is -0.178. The summed E-state index contributed by atoms with van der Waals surface area (Å²) in [6, 6.07) is 7.98. The van der Waals surface area contributed by atoms with E-state index < -0.39 is 5.41 Å².